The number of para-hydroxylation sites is 1. The molecule has 0 aromatic heterocycles. The molecule has 0 saturated heterocycles. The van der Waals surface area contributed by atoms with E-state index in [2.05, 4.69) is 0 Å². The normalized spacial score (nSPS) is 11.6. The summed E-state index contributed by atoms with van der Waals surface area (Å²) < 4.78 is 37.4. The molecule has 20 heavy (non-hydrogen) atoms. The first kappa shape index (κ1) is 16.9. The van der Waals surface area contributed by atoms with Gasteiger partial charge in [-0.05, 0) is 31.5 Å². The number of halogens is 1. The molecule has 0 heterocycles. The molecular formula is C14H23FN2O2S. The van der Waals surface area contributed by atoms with E-state index in [1.54, 1.807) is 23.1 Å². The second kappa shape index (κ2) is 8.21. The van der Waals surface area contributed by atoms with E-state index in [1.807, 2.05) is 6.92 Å². The summed E-state index contributed by atoms with van der Waals surface area (Å²) in [7, 11) is -3.07. The average molecular weight is 302 g/mol. The summed E-state index contributed by atoms with van der Waals surface area (Å²) in [6.07, 6.45) is 1.30. The molecule has 0 amide bonds. The zero-order chi connectivity index (χ0) is 15.0. The Morgan fingerprint density at radius 1 is 1.20 bits per heavy atom. The molecule has 0 bridgehead atoms. The van der Waals surface area contributed by atoms with Crippen LogP contribution in [0.25, 0.3) is 0 Å². The van der Waals surface area contributed by atoms with Crippen LogP contribution in [0, 0.1) is 5.82 Å². The number of nitrogens with zero attached hydrogens (tertiary/aromatic N) is 1. The van der Waals surface area contributed by atoms with Gasteiger partial charge in [-0.25, -0.2) is 12.8 Å². The third-order valence-electron chi connectivity index (χ3n) is 3.01. The largest absolute Gasteiger partial charge is 0.368 e. The molecule has 0 spiro atoms. The second-order valence-electron chi connectivity index (χ2n) is 4.73. The maximum absolute atomic E-state index is 13.8. The van der Waals surface area contributed by atoms with Crippen LogP contribution in [0.1, 0.15) is 19.8 Å². The van der Waals surface area contributed by atoms with E-state index < -0.39 is 9.84 Å². The van der Waals surface area contributed by atoms with E-state index in [4.69, 9.17) is 5.73 Å². The number of sulfone groups is 1. The summed E-state index contributed by atoms with van der Waals surface area (Å²) in [6, 6.07) is 6.41. The molecule has 4 nitrogen and oxygen atoms in total. The Balaban J connectivity index is 2.78. The van der Waals surface area contributed by atoms with Crippen molar-refractivity contribution in [2.75, 3.05) is 36.0 Å². The third kappa shape index (κ3) is 5.46. The SMILES string of the molecule is CCCS(=O)(=O)CCN(CCCN)c1ccccc1F. The molecule has 114 valence electrons. The van der Waals surface area contributed by atoms with Crippen molar-refractivity contribution < 1.29 is 12.8 Å². The average Bonchev–Trinajstić information content (AvgIpc) is 2.40. The van der Waals surface area contributed by atoms with Gasteiger partial charge in [0, 0.05) is 18.8 Å². The van der Waals surface area contributed by atoms with Gasteiger partial charge in [-0.15, -0.1) is 0 Å². The van der Waals surface area contributed by atoms with Gasteiger partial charge in [-0.1, -0.05) is 19.1 Å². The van der Waals surface area contributed by atoms with Crippen LogP contribution in [0.3, 0.4) is 0 Å². The summed E-state index contributed by atoms with van der Waals surface area (Å²) in [5, 5.41) is 0. The Kier molecular flexibility index (Phi) is 6.95. The zero-order valence-corrected chi connectivity index (χ0v) is 12.7. The van der Waals surface area contributed by atoms with Crippen molar-refractivity contribution in [2.24, 2.45) is 5.73 Å². The van der Waals surface area contributed by atoms with E-state index in [1.165, 1.54) is 6.07 Å². The smallest absolute Gasteiger partial charge is 0.152 e. The van der Waals surface area contributed by atoms with E-state index >= 15 is 0 Å². The van der Waals surface area contributed by atoms with Gasteiger partial charge in [-0.2, -0.15) is 0 Å². The summed E-state index contributed by atoms with van der Waals surface area (Å²) >= 11 is 0. The molecule has 0 aliphatic rings. The molecule has 1 aromatic rings. The van der Waals surface area contributed by atoms with Gasteiger partial charge in [0.15, 0.2) is 9.84 Å². The number of hydrogen-bond acceptors (Lipinski definition) is 4. The van der Waals surface area contributed by atoms with Crippen LogP contribution in [-0.4, -0.2) is 39.6 Å². The first-order valence-corrected chi connectivity index (χ1v) is 8.72. The van der Waals surface area contributed by atoms with Gasteiger partial charge < -0.3 is 10.6 Å². The molecule has 0 radical (unpaired) electrons. The summed E-state index contributed by atoms with van der Waals surface area (Å²) in [6.45, 7) is 3.18. The van der Waals surface area contributed by atoms with E-state index in [-0.39, 0.29) is 17.3 Å². The molecule has 0 aliphatic heterocycles. The van der Waals surface area contributed by atoms with E-state index in [0.29, 0.717) is 38.2 Å². The predicted octanol–water partition coefficient (Wildman–Crippen LogP) is 1.81. The zero-order valence-electron chi connectivity index (χ0n) is 11.9. The number of anilines is 1. The van der Waals surface area contributed by atoms with Crippen LogP contribution in [0.2, 0.25) is 0 Å². The summed E-state index contributed by atoms with van der Waals surface area (Å²) in [5.74, 6) is -0.119. The highest BCUT2D eigenvalue weighted by Gasteiger charge is 2.15. The number of nitrogens with two attached hydrogens (primary N) is 1. The maximum atomic E-state index is 13.8. The van der Waals surface area contributed by atoms with Crippen molar-refractivity contribution in [1.82, 2.24) is 0 Å². The lowest BCUT2D eigenvalue weighted by Gasteiger charge is -2.25. The van der Waals surface area contributed by atoms with Crippen molar-refractivity contribution in [3.63, 3.8) is 0 Å². The standard InChI is InChI=1S/C14H23FN2O2S/c1-2-11-20(18,19)12-10-17(9-5-8-16)14-7-4-3-6-13(14)15/h3-4,6-7H,2,5,8-12,16H2,1H3. The van der Waals surface area contributed by atoms with Gasteiger partial charge in [-0.3, -0.25) is 0 Å². The molecule has 0 fully saturated rings. The first-order valence-electron chi connectivity index (χ1n) is 6.90. The number of rotatable bonds is 9. The Morgan fingerprint density at radius 3 is 2.50 bits per heavy atom. The van der Waals surface area contributed by atoms with Crippen LogP contribution in [0.15, 0.2) is 24.3 Å². The van der Waals surface area contributed by atoms with Crippen LogP contribution < -0.4 is 10.6 Å². The minimum absolute atomic E-state index is 0.0414. The van der Waals surface area contributed by atoms with Gasteiger partial charge in [0.25, 0.3) is 0 Å². The van der Waals surface area contributed by atoms with E-state index in [9.17, 15) is 12.8 Å². The fourth-order valence-electron chi connectivity index (χ4n) is 2.01. The topological polar surface area (TPSA) is 63.4 Å². The Bertz CT molecular complexity index is 506. The van der Waals surface area contributed by atoms with Crippen molar-refractivity contribution in [2.45, 2.75) is 19.8 Å². The lowest BCUT2D eigenvalue weighted by Crippen LogP contribution is -2.32. The van der Waals surface area contributed by atoms with Gasteiger partial charge in [0.1, 0.15) is 5.82 Å². The van der Waals surface area contributed by atoms with Gasteiger partial charge >= 0.3 is 0 Å². The molecule has 0 aliphatic carbocycles. The molecule has 2 N–H and O–H groups in total. The van der Waals surface area contributed by atoms with Crippen molar-refractivity contribution in [3.05, 3.63) is 30.1 Å². The monoisotopic (exact) mass is 302 g/mol. The number of hydrogen-bond donors (Lipinski definition) is 1. The Morgan fingerprint density at radius 2 is 1.90 bits per heavy atom. The van der Waals surface area contributed by atoms with Crippen LogP contribution in [0.4, 0.5) is 10.1 Å². The lowest BCUT2D eigenvalue weighted by atomic mass is 10.2. The Labute approximate surface area is 120 Å². The molecule has 0 atom stereocenters. The van der Waals surface area contributed by atoms with Crippen molar-refractivity contribution in [1.29, 1.82) is 0 Å². The number of benzene rings is 1. The molecule has 1 aromatic carbocycles. The van der Waals surface area contributed by atoms with Crippen LogP contribution in [-0.2, 0) is 9.84 Å². The molecular weight excluding hydrogens is 279 g/mol. The van der Waals surface area contributed by atoms with Crippen molar-refractivity contribution >= 4 is 15.5 Å². The van der Waals surface area contributed by atoms with Crippen LogP contribution >= 0.6 is 0 Å². The van der Waals surface area contributed by atoms with Gasteiger partial charge in [0.2, 0.25) is 0 Å². The highest BCUT2D eigenvalue weighted by Crippen LogP contribution is 2.18. The second-order valence-corrected chi connectivity index (χ2v) is 7.04. The van der Waals surface area contributed by atoms with Crippen LogP contribution in [0.5, 0.6) is 0 Å². The molecule has 0 saturated carbocycles. The minimum atomic E-state index is -3.07. The van der Waals surface area contributed by atoms with E-state index in [0.717, 1.165) is 0 Å². The Hall–Kier alpha value is -1.14. The summed E-state index contributed by atoms with van der Waals surface area (Å²) in [4.78, 5) is 1.76. The highest BCUT2D eigenvalue weighted by molar-refractivity contribution is 7.91. The third-order valence-corrected chi connectivity index (χ3v) is 4.85. The summed E-state index contributed by atoms with van der Waals surface area (Å²) in [5.41, 5.74) is 5.92. The minimum Gasteiger partial charge on any atom is -0.368 e. The fourth-order valence-corrected chi connectivity index (χ4v) is 3.33. The first-order chi connectivity index (χ1) is 9.50. The predicted molar refractivity (Wildman–Crippen MR) is 81.2 cm³/mol. The highest BCUT2D eigenvalue weighted by atomic mass is 32.2. The molecule has 1 rings (SSSR count). The fraction of sp³-hybridized carbons (Fsp3) is 0.571. The van der Waals surface area contributed by atoms with Gasteiger partial charge in [0.05, 0.1) is 11.4 Å². The molecule has 0 unspecified atom stereocenters. The quantitative estimate of drug-likeness (QED) is 0.755. The maximum Gasteiger partial charge on any atom is 0.152 e. The van der Waals surface area contributed by atoms with Crippen molar-refractivity contribution in [3.8, 4) is 0 Å². The lowest BCUT2D eigenvalue weighted by molar-refractivity contribution is 0.589. The molecule has 6 heteroatoms.